The zero-order valence-electron chi connectivity index (χ0n) is 13.8. The second-order valence-corrected chi connectivity index (χ2v) is 9.70. The third-order valence-electron chi connectivity index (χ3n) is 4.86. The van der Waals surface area contributed by atoms with Crippen LogP contribution in [0.5, 0.6) is 5.75 Å². The molecule has 3 rings (SSSR count). The first kappa shape index (κ1) is 18.8. The van der Waals surface area contributed by atoms with Gasteiger partial charge >= 0.3 is 0 Å². The summed E-state index contributed by atoms with van der Waals surface area (Å²) < 4.78 is 29.2. The minimum Gasteiger partial charge on any atom is -0.484 e. The lowest BCUT2D eigenvalue weighted by Gasteiger charge is -2.34. The number of sulfone groups is 1. The van der Waals surface area contributed by atoms with E-state index in [-0.39, 0.29) is 36.1 Å². The average Bonchev–Trinajstić information content (AvgIpc) is 3.19. The summed E-state index contributed by atoms with van der Waals surface area (Å²) in [5, 5.41) is 0.783. The quantitative estimate of drug-likeness (QED) is 0.753. The predicted octanol–water partition coefficient (Wildman–Crippen LogP) is 3.33. The molecule has 25 heavy (non-hydrogen) atoms. The van der Waals surface area contributed by atoms with Gasteiger partial charge in [-0.15, -0.1) is 0 Å². The van der Waals surface area contributed by atoms with E-state index in [1.54, 1.807) is 23.1 Å². The van der Waals surface area contributed by atoms with Crippen LogP contribution < -0.4 is 4.74 Å². The number of halogens is 2. The summed E-state index contributed by atoms with van der Waals surface area (Å²) in [5.74, 6) is 0.511. The summed E-state index contributed by atoms with van der Waals surface area (Å²) in [6.45, 7) is -0.134. The molecule has 5 nitrogen and oxygen atoms in total. The Kier molecular flexibility index (Phi) is 5.81. The summed E-state index contributed by atoms with van der Waals surface area (Å²) in [6, 6.07) is 4.71. The van der Waals surface area contributed by atoms with Crippen molar-refractivity contribution in [3.05, 3.63) is 28.2 Å². The molecule has 1 aromatic rings. The van der Waals surface area contributed by atoms with Crippen molar-refractivity contribution in [1.82, 2.24) is 4.90 Å². The molecule has 1 aromatic carbocycles. The summed E-state index contributed by atoms with van der Waals surface area (Å²) in [7, 11) is -3.05. The molecule has 2 aliphatic rings. The van der Waals surface area contributed by atoms with Gasteiger partial charge < -0.3 is 9.64 Å². The molecule has 138 valence electrons. The van der Waals surface area contributed by atoms with Crippen LogP contribution >= 0.6 is 23.2 Å². The molecule has 0 bridgehead atoms. The Labute approximate surface area is 158 Å². The Hall–Kier alpha value is -0.980. The van der Waals surface area contributed by atoms with E-state index in [4.69, 9.17) is 27.9 Å². The third kappa shape index (κ3) is 4.60. The number of hydrogen-bond acceptors (Lipinski definition) is 4. The first-order chi connectivity index (χ1) is 11.9. The number of benzene rings is 1. The van der Waals surface area contributed by atoms with Crippen molar-refractivity contribution >= 4 is 38.9 Å². The van der Waals surface area contributed by atoms with Gasteiger partial charge in [-0.3, -0.25) is 4.79 Å². The first-order valence-corrected chi connectivity index (χ1v) is 11.0. The largest absolute Gasteiger partial charge is 0.484 e. The van der Waals surface area contributed by atoms with E-state index in [1.165, 1.54) is 0 Å². The van der Waals surface area contributed by atoms with Gasteiger partial charge in [-0.1, -0.05) is 36.0 Å². The fourth-order valence-electron chi connectivity index (χ4n) is 3.67. The van der Waals surface area contributed by atoms with Gasteiger partial charge in [0, 0.05) is 18.2 Å². The molecular weight excluding hydrogens is 385 g/mol. The van der Waals surface area contributed by atoms with Crippen LogP contribution in [0.15, 0.2) is 18.2 Å². The molecule has 1 amide bonds. The lowest BCUT2D eigenvalue weighted by molar-refractivity contribution is -0.137. The van der Waals surface area contributed by atoms with E-state index in [2.05, 4.69) is 0 Å². The summed E-state index contributed by atoms with van der Waals surface area (Å²) in [4.78, 5) is 14.6. The maximum Gasteiger partial charge on any atom is 0.261 e. The van der Waals surface area contributed by atoms with Gasteiger partial charge in [0.1, 0.15) is 5.75 Å². The zero-order chi connectivity index (χ0) is 18.0. The lowest BCUT2D eigenvalue weighted by atomic mass is 10.1. The molecule has 0 spiro atoms. The van der Waals surface area contributed by atoms with Crippen LogP contribution in [-0.2, 0) is 14.6 Å². The van der Waals surface area contributed by atoms with Gasteiger partial charge in [0.15, 0.2) is 16.4 Å². The van der Waals surface area contributed by atoms with Gasteiger partial charge in [0.05, 0.1) is 21.6 Å². The van der Waals surface area contributed by atoms with Crippen molar-refractivity contribution in [1.29, 1.82) is 0 Å². The van der Waals surface area contributed by atoms with Crippen LogP contribution in [0.2, 0.25) is 10.0 Å². The molecular formula is C17H21Cl2NO4S. The van der Waals surface area contributed by atoms with E-state index in [1.807, 2.05) is 0 Å². The fourth-order valence-corrected chi connectivity index (χ4v) is 5.67. The number of carbonyl (C=O) groups is 1. The van der Waals surface area contributed by atoms with E-state index in [0.29, 0.717) is 22.2 Å². The third-order valence-corrected chi connectivity index (χ3v) is 7.35. The van der Waals surface area contributed by atoms with Crippen molar-refractivity contribution in [2.75, 3.05) is 18.1 Å². The second kappa shape index (κ2) is 7.72. The molecule has 1 aliphatic heterocycles. The van der Waals surface area contributed by atoms with Gasteiger partial charge in [-0.05, 0) is 31.4 Å². The monoisotopic (exact) mass is 405 g/mol. The van der Waals surface area contributed by atoms with Crippen molar-refractivity contribution in [2.45, 2.75) is 44.2 Å². The van der Waals surface area contributed by atoms with Gasteiger partial charge in [0.2, 0.25) is 0 Å². The number of nitrogens with zero attached hydrogens (tertiary/aromatic N) is 1. The molecule has 8 heteroatoms. The van der Waals surface area contributed by atoms with Crippen molar-refractivity contribution in [2.24, 2.45) is 0 Å². The van der Waals surface area contributed by atoms with Crippen molar-refractivity contribution < 1.29 is 17.9 Å². The SMILES string of the molecule is O=C(COc1ccc(Cl)c(Cl)c1)N(C1CCCC1)[C@@H]1CCS(=O)(=O)C1. The van der Waals surface area contributed by atoms with Crippen LogP contribution in [-0.4, -0.2) is 49.4 Å². The fraction of sp³-hybridized carbons (Fsp3) is 0.588. The van der Waals surface area contributed by atoms with E-state index >= 15 is 0 Å². The lowest BCUT2D eigenvalue weighted by Crippen LogP contribution is -2.48. The Bertz CT molecular complexity index is 747. The molecule has 0 unspecified atom stereocenters. The Morgan fingerprint density at radius 3 is 2.44 bits per heavy atom. The Morgan fingerprint density at radius 2 is 1.84 bits per heavy atom. The van der Waals surface area contributed by atoms with Crippen molar-refractivity contribution in [3.8, 4) is 5.75 Å². The van der Waals surface area contributed by atoms with E-state index in [0.717, 1.165) is 25.7 Å². The topological polar surface area (TPSA) is 63.7 Å². The highest BCUT2D eigenvalue weighted by atomic mass is 35.5. The van der Waals surface area contributed by atoms with E-state index < -0.39 is 9.84 Å². The van der Waals surface area contributed by atoms with Crippen LogP contribution in [0.4, 0.5) is 0 Å². The normalized spacial score (nSPS) is 22.9. The molecule has 1 heterocycles. The highest BCUT2D eigenvalue weighted by Crippen LogP contribution is 2.30. The smallest absolute Gasteiger partial charge is 0.261 e. The zero-order valence-corrected chi connectivity index (χ0v) is 16.1. The molecule has 0 aromatic heterocycles. The van der Waals surface area contributed by atoms with Gasteiger partial charge in [0.25, 0.3) is 5.91 Å². The summed E-state index contributed by atoms with van der Waals surface area (Å²) in [6.07, 6.45) is 4.50. The minimum atomic E-state index is -3.05. The maximum atomic E-state index is 12.8. The standard InChI is InChI=1S/C17H21Cl2NO4S/c18-15-6-5-14(9-16(15)19)24-10-17(21)20(12-3-1-2-4-12)13-7-8-25(22,23)11-13/h5-6,9,12-13H,1-4,7-8,10-11H2/t13-/m1/s1. The Morgan fingerprint density at radius 1 is 1.12 bits per heavy atom. The Balaban J connectivity index is 1.69. The maximum absolute atomic E-state index is 12.8. The van der Waals surface area contributed by atoms with Gasteiger partial charge in [-0.25, -0.2) is 8.42 Å². The van der Waals surface area contributed by atoms with Gasteiger partial charge in [-0.2, -0.15) is 0 Å². The van der Waals surface area contributed by atoms with Crippen LogP contribution in [0.3, 0.4) is 0 Å². The first-order valence-electron chi connectivity index (χ1n) is 8.45. The molecule has 1 aliphatic carbocycles. The van der Waals surface area contributed by atoms with E-state index in [9.17, 15) is 13.2 Å². The number of hydrogen-bond donors (Lipinski definition) is 0. The molecule has 1 saturated carbocycles. The molecule has 2 fully saturated rings. The highest BCUT2D eigenvalue weighted by Gasteiger charge is 2.39. The summed E-state index contributed by atoms with van der Waals surface area (Å²) in [5.41, 5.74) is 0. The molecule has 1 atom stereocenters. The molecule has 0 N–H and O–H groups in total. The second-order valence-electron chi connectivity index (χ2n) is 6.66. The molecule has 1 saturated heterocycles. The average molecular weight is 406 g/mol. The predicted molar refractivity (Wildman–Crippen MR) is 98.1 cm³/mol. The molecule has 0 radical (unpaired) electrons. The number of amides is 1. The highest BCUT2D eigenvalue weighted by molar-refractivity contribution is 7.91. The number of carbonyl (C=O) groups excluding carboxylic acids is 1. The van der Waals surface area contributed by atoms with Crippen molar-refractivity contribution in [3.63, 3.8) is 0 Å². The minimum absolute atomic E-state index is 0.0576. The number of ether oxygens (including phenoxy) is 1. The number of rotatable bonds is 5. The van der Waals surface area contributed by atoms with Crippen LogP contribution in [0.25, 0.3) is 0 Å². The summed E-state index contributed by atoms with van der Waals surface area (Å²) >= 11 is 11.8. The van der Waals surface area contributed by atoms with Crippen LogP contribution in [0, 0.1) is 0 Å². The van der Waals surface area contributed by atoms with Crippen LogP contribution in [0.1, 0.15) is 32.1 Å².